The first-order valence-corrected chi connectivity index (χ1v) is 6.26. The fraction of sp³-hybridized carbons (Fsp3) is 0.833. The molecule has 1 aromatic rings. The van der Waals surface area contributed by atoms with Crippen molar-refractivity contribution in [2.75, 3.05) is 0 Å². The van der Waals surface area contributed by atoms with Gasteiger partial charge in [0.15, 0.2) is 5.82 Å². The van der Waals surface area contributed by atoms with Gasteiger partial charge in [-0.3, -0.25) is 0 Å². The molecule has 1 unspecified atom stereocenters. The van der Waals surface area contributed by atoms with Crippen molar-refractivity contribution in [1.82, 2.24) is 10.1 Å². The normalized spacial score (nSPS) is 21.9. The maximum atomic E-state index is 6.08. The molecule has 1 aliphatic rings. The Kier molecular flexibility index (Phi) is 3.28. The fourth-order valence-electron chi connectivity index (χ4n) is 2.14. The lowest BCUT2D eigenvalue weighted by molar-refractivity contribution is 0.287. The summed E-state index contributed by atoms with van der Waals surface area (Å²) in [7, 11) is 0. The van der Waals surface area contributed by atoms with E-state index in [2.05, 4.69) is 10.1 Å². The van der Waals surface area contributed by atoms with Crippen LogP contribution in [0.5, 0.6) is 0 Å². The second kappa shape index (κ2) is 4.53. The minimum atomic E-state index is -0.486. The molecule has 16 heavy (non-hydrogen) atoms. The van der Waals surface area contributed by atoms with E-state index >= 15 is 0 Å². The Hall–Kier alpha value is -0.900. The molecule has 0 amide bonds. The second-order valence-electron chi connectivity index (χ2n) is 5.06. The van der Waals surface area contributed by atoms with Crippen molar-refractivity contribution in [3.8, 4) is 0 Å². The van der Waals surface area contributed by atoms with Gasteiger partial charge >= 0.3 is 0 Å². The highest BCUT2D eigenvalue weighted by molar-refractivity contribution is 5.03. The lowest BCUT2D eigenvalue weighted by Gasteiger charge is -2.18. The van der Waals surface area contributed by atoms with Crippen molar-refractivity contribution in [3.63, 3.8) is 0 Å². The minimum Gasteiger partial charge on any atom is -0.337 e. The Balaban J connectivity index is 2.12. The van der Waals surface area contributed by atoms with Crippen molar-refractivity contribution in [2.24, 2.45) is 5.73 Å². The predicted octanol–water partition coefficient (Wildman–Crippen LogP) is 2.70. The van der Waals surface area contributed by atoms with Gasteiger partial charge in [0.2, 0.25) is 5.89 Å². The maximum absolute atomic E-state index is 6.08. The summed E-state index contributed by atoms with van der Waals surface area (Å²) in [6.07, 6.45) is 7.08. The average Bonchev–Trinajstić information content (AvgIpc) is 2.80. The SMILES string of the molecule is CCC(C)(N)c1nc(C2CCCCC2)no1. The summed E-state index contributed by atoms with van der Waals surface area (Å²) in [6, 6.07) is 0. The van der Waals surface area contributed by atoms with Gasteiger partial charge < -0.3 is 10.3 Å². The van der Waals surface area contributed by atoms with Gasteiger partial charge in [-0.05, 0) is 26.2 Å². The molecule has 0 bridgehead atoms. The first-order chi connectivity index (χ1) is 7.63. The summed E-state index contributed by atoms with van der Waals surface area (Å²) in [4.78, 5) is 4.47. The van der Waals surface area contributed by atoms with Crippen molar-refractivity contribution < 1.29 is 4.52 Å². The van der Waals surface area contributed by atoms with E-state index in [0.717, 1.165) is 12.2 Å². The molecule has 1 heterocycles. The zero-order valence-corrected chi connectivity index (χ0v) is 10.2. The topological polar surface area (TPSA) is 64.9 Å². The number of nitrogens with zero attached hydrogens (tertiary/aromatic N) is 2. The molecule has 2 rings (SSSR count). The molecule has 1 aliphatic carbocycles. The highest BCUT2D eigenvalue weighted by atomic mass is 16.5. The van der Waals surface area contributed by atoms with E-state index in [1.54, 1.807) is 0 Å². The van der Waals surface area contributed by atoms with Gasteiger partial charge in [-0.25, -0.2) is 0 Å². The second-order valence-corrected chi connectivity index (χ2v) is 5.06. The van der Waals surface area contributed by atoms with Crippen LogP contribution in [0.25, 0.3) is 0 Å². The van der Waals surface area contributed by atoms with Gasteiger partial charge in [0, 0.05) is 5.92 Å². The highest BCUT2D eigenvalue weighted by Crippen LogP contribution is 2.31. The molecule has 1 saturated carbocycles. The smallest absolute Gasteiger partial charge is 0.246 e. The first-order valence-electron chi connectivity index (χ1n) is 6.26. The molecular weight excluding hydrogens is 202 g/mol. The van der Waals surface area contributed by atoms with Crippen LogP contribution in [0.2, 0.25) is 0 Å². The summed E-state index contributed by atoms with van der Waals surface area (Å²) in [5.41, 5.74) is 5.60. The van der Waals surface area contributed by atoms with Crippen LogP contribution in [0, 0.1) is 0 Å². The Morgan fingerprint density at radius 1 is 1.38 bits per heavy atom. The van der Waals surface area contributed by atoms with Crippen LogP contribution in [0.3, 0.4) is 0 Å². The van der Waals surface area contributed by atoms with Crippen LogP contribution in [-0.2, 0) is 5.54 Å². The van der Waals surface area contributed by atoms with Crippen LogP contribution in [0.15, 0.2) is 4.52 Å². The Morgan fingerprint density at radius 3 is 2.69 bits per heavy atom. The van der Waals surface area contributed by atoms with Gasteiger partial charge in [0.05, 0.1) is 5.54 Å². The molecule has 1 aromatic heterocycles. The first kappa shape index (κ1) is 11.6. The van der Waals surface area contributed by atoms with Gasteiger partial charge in [-0.2, -0.15) is 4.98 Å². The van der Waals surface area contributed by atoms with Crippen LogP contribution in [0.1, 0.15) is 70.0 Å². The number of rotatable bonds is 3. The van der Waals surface area contributed by atoms with Gasteiger partial charge in [-0.1, -0.05) is 31.3 Å². The van der Waals surface area contributed by atoms with Crippen molar-refractivity contribution >= 4 is 0 Å². The molecule has 0 radical (unpaired) electrons. The van der Waals surface area contributed by atoms with Crippen LogP contribution >= 0.6 is 0 Å². The number of hydrogen-bond acceptors (Lipinski definition) is 4. The Labute approximate surface area is 96.6 Å². The summed E-state index contributed by atoms with van der Waals surface area (Å²) in [6.45, 7) is 3.97. The van der Waals surface area contributed by atoms with E-state index < -0.39 is 5.54 Å². The van der Waals surface area contributed by atoms with E-state index in [1.807, 2.05) is 13.8 Å². The molecule has 1 fully saturated rings. The standard InChI is InChI=1S/C12H21N3O/c1-3-12(2,13)11-14-10(15-16-11)9-7-5-4-6-8-9/h9H,3-8,13H2,1-2H3. The van der Waals surface area contributed by atoms with Crippen LogP contribution in [-0.4, -0.2) is 10.1 Å². The molecule has 4 nitrogen and oxygen atoms in total. The highest BCUT2D eigenvalue weighted by Gasteiger charge is 2.28. The summed E-state index contributed by atoms with van der Waals surface area (Å²) >= 11 is 0. The largest absolute Gasteiger partial charge is 0.337 e. The van der Waals surface area contributed by atoms with E-state index in [1.165, 1.54) is 32.1 Å². The fourth-order valence-corrected chi connectivity index (χ4v) is 2.14. The van der Waals surface area contributed by atoms with E-state index in [9.17, 15) is 0 Å². The molecule has 0 spiro atoms. The van der Waals surface area contributed by atoms with Crippen molar-refractivity contribution in [2.45, 2.75) is 63.8 Å². The molecule has 0 aliphatic heterocycles. The summed E-state index contributed by atoms with van der Waals surface area (Å²) < 4.78 is 5.29. The lowest BCUT2D eigenvalue weighted by atomic mass is 9.89. The average molecular weight is 223 g/mol. The van der Waals surface area contributed by atoms with Gasteiger partial charge in [0.1, 0.15) is 0 Å². The molecule has 1 atom stereocenters. The van der Waals surface area contributed by atoms with E-state index in [4.69, 9.17) is 10.3 Å². The molecule has 0 aromatic carbocycles. The quantitative estimate of drug-likeness (QED) is 0.855. The van der Waals surface area contributed by atoms with Gasteiger partial charge in [-0.15, -0.1) is 0 Å². The summed E-state index contributed by atoms with van der Waals surface area (Å²) in [5.74, 6) is 1.93. The zero-order valence-electron chi connectivity index (χ0n) is 10.2. The monoisotopic (exact) mass is 223 g/mol. The number of nitrogens with two attached hydrogens (primary N) is 1. The van der Waals surface area contributed by atoms with Crippen molar-refractivity contribution in [3.05, 3.63) is 11.7 Å². The van der Waals surface area contributed by atoms with E-state index in [-0.39, 0.29) is 0 Å². The number of hydrogen-bond donors (Lipinski definition) is 1. The Morgan fingerprint density at radius 2 is 2.06 bits per heavy atom. The van der Waals surface area contributed by atoms with Crippen LogP contribution < -0.4 is 5.73 Å². The summed E-state index contributed by atoms with van der Waals surface area (Å²) in [5, 5.41) is 4.09. The molecule has 90 valence electrons. The predicted molar refractivity (Wildman–Crippen MR) is 62.0 cm³/mol. The zero-order chi connectivity index (χ0) is 11.6. The molecule has 0 saturated heterocycles. The third-order valence-corrected chi connectivity index (χ3v) is 3.64. The lowest BCUT2D eigenvalue weighted by Crippen LogP contribution is -2.32. The molecule has 2 N–H and O–H groups in total. The third kappa shape index (κ3) is 2.26. The van der Waals surface area contributed by atoms with Gasteiger partial charge in [0.25, 0.3) is 0 Å². The third-order valence-electron chi connectivity index (χ3n) is 3.64. The Bertz CT molecular complexity index is 340. The molecule has 4 heteroatoms. The molecular formula is C12H21N3O. The number of aromatic nitrogens is 2. The maximum Gasteiger partial charge on any atom is 0.246 e. The minimum absolute atomic E-state index is 0.485. The van der Waals surface area contributed by atoms with E-state index in [0.29, 0.717) is 11.8 Å². The van der Waals surface area contributed by atoms with Crippen molar-refractivity contribution in [1.29, 1.82) is 0 Å². The van der Waals surface area contributed by atoms with Crippen LogP contribution in [0.4, 0.5) is 0 Å².